The SMILES string of the molecule is CCCC(CC)c1ccc(OC(C)ON)cc1. The Labute approximate surface area is 104 Å². The summed E-state index contributed by atoms with van der Waals surface area (Å²) in [7, 11) is 0. The van der Waals surface area contributed by atoms with Gasteiger partial charge in [0.1, 0.15) is 5.75 Å². The van der Waals surface area contributed by atoms with Gasteiger partial charge >= 0.3 is 0 Å². The molecule has 0 aliphatic rings. The van der Waals surface area contributed by atoms with Crippen molar-refractivity contribution in [1.82, 2.24) is 0 Å². The predicted octanol–water partition coefficient (Wildman–Crippen LogP) is 3.60. The average molecular weight is 237 g/mol. The van der Waals surface area contributed by atoms with Crippen LogP contribution in [0.5, 0.6) is 5.75 Å². The number of hydrogen-bond donors (Lipinski definition) is 1. The van der Waals surface area contributed by atoms with Crippen molar-refractivity contribution in [2.45, 2.75) is 52.2 Å². The Bertz CT molecular complexity index is 311. The fraction of sp³-hybridized carbons (Fsp3) is 0.571. The van der Waals surface area contributed by atoms with Crippen LogP contribution in [0.4, 0.5) is 0 Å². The van der Waals surface area contributed by atoms with Gasteiger partial charge in [-0.25, -0.2) is 5.90 Å². The van der Waals surface area contributed by atoms with Crippen LogP contribution in [-0.2, 0) is 4.84 Å². The molecule has 3 heteroatoms. The van der Waals surface area contributed by atoms with Crippen LogP contribution in [0.1, 0.15) is 51.5 Å². The summed E-state index contributed by atoms with van der Waals surface area (Å²) in [6.45, 7) is 6.22. The maximum Gasteiger partial charge on any atom is 0.214 e. The lowest BCUT2D eigenvalue weighted by atomic mass is 9.92. The van der Waals surface area contributed by atoms with Crippen LogP contribution in [0, 0.1) is 0 Å². The van der Waals surface area contributed by atoms with Gasteiger partial charge in [0, 0.05) is 0 Å². The highest BCUT2D eigenvalue weighted by Gasteiger charge is 2.08. The second kappa shape index (κ2) is 7.30. The molecule has 96 valence electrons. The Morgan fingerprint density at radius 3 is 2.29 bits per heavy atom. The number of nitrogens with two attached hydrogens (primary N) is 1. The van der Waals surface area contributed by atoms with Crippen molar-refractivity contribution in [2.24, 2.45) is 5.90 Å². The largest absolute Gasteiger partial charge is 0.464 e. The lowest BCUT2D eigenvalue weighted by Gasteiger charge is -2.16. The third kappa shape index (κ3) is 4.36. The van der Waals surface area contributed by atoms with Gasteiger partial charge in [-0.05, 0) is 43.4 Å². The molecule has 0 aliphatic heterocycles. The zero-order valence-corrected chi connectivity index (χ0v) is 11.0. The van der Waals surface area contributed by atoms with Gasteiger partial charge in [0.05, 0.1) is 0 Å². The van der Waals surface area contributed by atoms with E-state index in [4.69, 9.17) is 10.6 Å². The summed E-state index contributed by atoms with van der Waals surface area (Å²) >= 11 is 0. The summed E-state index contributed by atoms with van der Waals surface area (Å²) in [4.78, 5) is 4.57. The number of hydrogen-bond acceptors (Lipinski definition) is 3. The van der Waals surface area contributed by atoms with Crippen molar-refractivity contribution in [3.8, 4) is 5.75 Å². The molecule has 0 bridgehead atoms. The van der Waals surface area contributed by atoms with Crippen molar-refractivity contribution >= 4 is 0 Å². The molecule has 2 N–H and O–H groups in total. The average Bonchev–Trinajstić information content (AvgIpc) is 2.37. The van der Waals surface area contributed by atoms with Crippen LogP contribution in [0.25, 0.3) is 0 Å². The van der Waals surface area contributed by atoms with Crippen molar-refractivity contribution in [3.05, 3.63) is 29.8 Å². The molecule has 0 aromatic heterocycles. The van der Waals surface area contributed by atoms with E-state index in [2.05, 4.69) is 30.8 Å². The third-order valence-corrected chi connectivity index (χ3v) is 2.98. The van der Waals surface area contributed by atoms with Gasteiger partial charge < -0.3 is 4.74 Å². The quantitative estimate of drug-likeness (QED) is 0.582. The molecule has 2 atom stereocenters. The fourth-order valence-electron chi connectivity index (χ4n) is 1.99. The molecule has 0 heterocycles. The first-order valence-corrected chi connectivity index (χ1v) is 6.33. The minimum Gasteiger partial charge on any atom is -0.464 e. The number of ether oxygens (including phenoxy) is 1. The second-order valence-electron chi connectivity index (χ2n) is 4.28. The van der Waals surface area contributed by atoms with Gasteiger partial charge in [-0.1, -0.05) is 32.4 Å². The van der Waals surface area contributed by atoms with E-state index in [1.54, 1.807) is 6.92 Å². The molecule has 0 aliphatic carbocycles. The van der Waals surface area contributed by atoms with Crippen molar-refractivity contribution in [3.63, 3.8) is 0 Å². The molecule has 17 heavy (non-hydrogen) atoms. The molecule has 2 unspecified atom stereocenters. The maximum atomic E-state index is 5.44. The molecule has 0 radical (unpaired) electrons. The van der Waals surface area contributed by atoms with Gasteiger partial charge in [-0.2, -0.15) is 0 Å². The maximum absolute atomic E-state index is 5.44. The second-order valence-corrected chi connectivity index (χ2v) is 4.28. The van der Waals surface area contributed by atoms with Crippen LogP contribution >= 0.6 is 0 Å². The summed E-state index contributed by atoms with van der Waals surface area (Å²) in [5.74, 6) is 6.47. The first kappa shape index (κ1) is 14.0. The molecular formula is C14H23NO2. The summed E-state index contributed by atoms with van der Waals surface area (Å²) in [6.07, 6.45) is 3.21. The van der Waals surface area contributed by atoms with Crippen molar-refractivity contribution in [2.75, 3.05) is 0 Å². The first-order valence-electron chi connectivity index (χ1n) is 6.33. The molecule has 1 rings (SSSR count). The van der Waals surface area contributed by atoms with Crippen LogP contribution in [0.3, 0.4) is 0 Å². The standard InChI is InChI=1S/C14H23NO2/c1-4-6-12(5-2)13-7-9-14(10-8-13)16-11(3)17-15/h7-12H,4-6,15H2,1-3H3. The molecule has 1 aromatic rings. The van der Waals surface area contributed by atoms with Gasteiger partial charge in [-0.15, -0.1) is 0 Å². The van der Waals surface area contributed by atoms with Gasteiger partial charge in [0.2, 0.25) is 6.29 Å². The smallest absolute Gasteiger partial charge is 0.214 e. The van der Waals surface area contributed by atoms with E-state index in [9.17, 15) is 0 Å². The Kier molecular flexibility index (Phi) is 6.01. The van der Waals surface area contributed by atoms with Crippen LogP contribution in [0.2, 0.25) is 0 Å². The van der Waals surface area contributed by atoms with E-state index in [-0.39, 0.29) is 0 Å². The molecule has 3 nitrogen and oxygen atoms in total. The predicted molar refractivity (Wildman–Crippen MR) is 69.7 cm³/mol. The Morgan fingerprint density at radius 1 is 1.18 bits per heavy atom. The van der Waals surface area contributed by atoms with Crippen LogP contribution in [0.15, 0.2) is 24.3 Å². The van der Waals surface area contributed by atoms with E-state index in [1.165, 1.54) is 24.8 Å². The minimum atomic E-state index is -0.418. The molecule has 1 aromatic carbocycles. The Balaban J connectivity index is 2.66. The first-order chi connectivity index (χ1) is 8.21. The summed E-state index contributed by atoms with van der Waals surface area (Å²) in [6, 6.07) is 8.21. The van der Waals surface area contributed by atoms with Gasteiger partial charge in [-0.3, -0.25) is 4.84 Å². The molecule has 0 amide bonds. The monoisotopic (exact) mass is 237 g/mol. The number of rotatable bonds is 7. The summed E-state index contributed by atoms with van der Waals surface area (Å²) < 4.78 is 5.44. The van der Waals surface area contributed by atoms with E-state index in [0.717, 1.165) is 5.75 Å². The molecule has 0 saturated heterocycles. The fourth-order valence-corrected chi connectivity index (χ4v) is 1.99. The summed E-state index contributed by atoms with van der Waals surface area (Å²) in [5.41, 5.74) is 1.38. The molecule has 0 spiro atoms. The zero-order chi connectivity index (χ0) is 12.7. The number of benzene rings is 1. The molecule has 0 saturated carbocycles. The zero-order valence-electron chi connectivity index (χ0n) is 11.0. The van der Waals surface area contributed by atoms with E-state index in [0.29, 0.717) is 5.92 Å². The topological polar surface area (TPSA) is 44.5 Å². The van der Waals surface area contributed by atoms with Crippen LogP contribution in [-0.4, -0.2) is 6.29 Å². The van der Waals surface area contributed by atoms with E-state index < -0.39 is 6.29 Å². The van der Waals surface area contributed by atoms with Gasteiger partial charge in [0.15, 0.2) is 0 Å². The third-order valence-electron chi connectivity index (χ3n) is 2.98. The van der Waals surface area contributed by atoms with Crippen LogP contribution < -0.4 is 10.6 Å². The van der Waals surface area contributed by atoms with Crippen molar-refractivity contribution < 1.29 is 9.57 Å². The molecular weight excluding hydrogens is 214 g/mol. The van der Waals surface area contributed by atoms with Gasteiger partial charge in [0.25, 0.3) is 0 Å². The lowest BCUT2D eigenvalue weighted by Crippen LogP contribution is -2.19. The normalized spacial score (nSPS) is 14.4. The lowest BCUT2D eigenvalue weighted by molar-refractivity contribution is -0.0688. The minimum absolute atomic E-state index is 0.418. The molecule has 0 fully saturated rings. The highest BCUT2D eigenvalue weighted by atomic mass is 16.7. The Hall–Kier alpha value is -1.06. The highest BCUT2D eigenvalue weighted by Crippen LogP contribution is 2.26. The van der Waals surface area contributed by atoms with Crippen molar-refractivity contribution in [1.29, 1.82) is 0 Å². The highest BCUT2D eigenvalue weighted by molar-refractivity contribution is 5.29. The Morgan fingerprint density at radius 2 is 1.82 bits per heavy atom. The van der Waals surface area contributed by atoms with E-state index >= 15 is 0 Å². The van der Waals surface area contributed by atoms with E-state index in [1.807, 2.05) is 12.1 Å². The summed E-state index contributed by atoms with van der Waals surface area (Å²) in [5, 5.41) is 0.